The SMILES string of the molecule is COc1cc(OC)c2cc(C(=O)N3CCC(Oc4cc(C)ccc4C)CC3)[nH]c2c1OC. The molecule has 7 nitrogen and oxygen atoms in total. The predicted molar refractivity (Wildman–Crippen MR) is 123 cm³/mol. The fourth-order valence-electron chi connectivity index (χ4n) is 4.21. The fraction of sp³-hybridized carbons (Fsp3) is 0.400. The summed E-state index contributed by atoms with van der Waals surface area (Å²) in [4.78, 5) is 18.3. The van der Waals surface area contributed by atoms with Crippen LogP contribution in [0.3, 0.4) is 0 Å². The molecule has 0 saturated carbocycles. The molecule has 1 aliphatic heterocycles. The van der Waals surface area contributed by atoms with Crippen molar-refractivity contribution in [2.75, 3.05) is 34.4 Å². The van der Waals surface area contributed by atoms with E-state index in [0.29, 0.717) is 41.5 Å². The molecule has 2 heterocycles. The van der Waals surface area contributed by atoms with Gasteiger partial charge in [0.1, 0.15) is 23.3 Å². The van der Waals surface area contributed by atoms with Crippen molar-refractivity contribution >= 4 is 16.8 Å². The lowest BCUT2D eigenvalue weighted by atomic mass is 10.1. The van der Waals surface area contributed by atoms with Crippen molar-refractivity contribution in [3.8, 4) is 23.0 Å². The minimum atomic E-state index is -0.0468. The third kappa shape index (κ3) is 4.07. The van der Waals surface area contributed by atoms with Crippen molar-refractivity contribution < 1.29 is 23.7 Å². The van der Waals surface area contributed by atoms with Crippen LogP contribution in [0.2, 0.25) is 0 Å². The van der Waals surface area contributed by atoms with Gasteiger partial charge in [0.25, 0.3) is 5.91 Å². The molecule has 4 rings (SSSR count). The first-order valence-electron chi connectivity index (χ1n) is 10.8. The number of carbonyl (C=O) groups excluding carboxylic acids is 1. The quantitative estimate of drug-likeness (QED) is 0.614. The number of likely N-dealkylation sites (tertiary alicyclic amines) is 1. The van der Waals surface area contributed by atoms with Gasteiger partial charge in [-0.05, 0) is 37.1 Å². The first kappa shape index (κ1) is 21.9. The number of hydrogen-bond acceptors (Lipinski definition) is 5. The molecule has 0 bridgehead atoms. The Balaban J connectivity index is 1.50. The van der Waals surface area contributed by atoms with Crippen LogP contribution in [0, 0.1) is 13.8 Å². The van der Waals surface area contributed by atoms with Gasteiger partial charge < -0.3 is 28.8 Å². The molecule has 1 aliphatic rings. The molecular formula is C25H30N2O5. The number of rotatable bonds is 6. The van der Waals surface area contributed by atoms with Crippen LogP contribution in [0.4, 0.5) is 0 Å². The Morgan fingerprint density at radius 3 is 2.31 bits per heavy atom. The summed E-state index contributed by atoms with van der Waals surface area (Å²) in [6.45, 7) is 5.40. The number of hydrogen-bond donors (Lipinski definition) is 1. The van der Waals surface area contributed by atoms with E-state index in [1.807, 2.05) is 11.0 Å². The number of ether oxygens (including phenoxy) is 4. The van der Waals surface area contributed by atoms with E-state index in [1.165, 1.54) is 5.56 Å². The first-order valence-corrected chi connectivity index (χ1v) is 10.8. The Bertz CT molecular complexity index is 1130. The number of carbonyl (C=O) groups is 1. The summed E-state index contributed by atoms with van der Waals surface area (Å²) >= 11 is 0. The Morgan fingerprint density at radius 1 is 0.938 bits per heavy atom. The van der Waals surface area contributed by atoms with Crippen molar-refractivity contribution in [2.24, 2.45) is 0 Å². The molecule has 3 aromatic rings. The smallest absolute Gasteiger partial charge is 0.270 e. The van der Waals surface area contributed by atoms with Gasteiger partial charge in [-0.25, -0.2) is 0 Å². The highest BCUT2D eigenvalue weighted by Gasteiger charge is 2.27. The monoisotopic (exact) mass is 438 g/mol. The average Bonchev–Trinajstić information content (AvgIpc) is 3.25. The molecule has 1 amide bonds. The van der Waals surface area contributed by atoms with Gasteiger partial charge in [0, 0.05) is 37.4 Å². The summed E-state index contributed by atoms with van der Waals surface area (Å²) < 4.78 is 22.7. The van der Waals surface area contributed by atoms with Gasteiger partial charge in [-0.1, -0.05) is 12.1 Å². The predicted octanol–water partition coefficient (Wildman–Crippen LogP) is 4.49. The van der Waals surface area contributed by atoms with Crippen LogP contribution < -0.4 is 18.9 Å². The molecule has 0 aliphatic carbocycles. The summed E-state index contributed by atoms with van der Waals surface area (Å²) in [5.41, 5.74) is 3.49. The number of H-pyrrole nitrogens is 1. The van der Waals surface area contributed by atoms with E-state index < -0.39 is 0 Å². The lowest BCUT2D eigenvalue weighted by Crippen LogP contribution is -2.42. The lowest BCUT2D eigenvalue weighted by molar-refractivity contribution is 0.0590. The van der Waals surface area contributed by atoms with Gasteiger partial charge in [-0.15, -0.1) is 0 Å². The molecule has 1 N–H and O–H groups in total. The topological polar surface area (TPSA) is 73.0 Å². The van der Waals surface area contributed by atoms with Crippen LogP contribution in [-0.2, 0) is 0 Å². The van der Waals surface area contributed by atoms with E-state index in [2.05, 4.69) is 37.0 Å². The second-order valence-electron chi connectivity index (χ2n) is 8.16. The molecule has 170 valence electrons. The molecule has 0 atom stereocenters. The van der Waals surface area contributed by atoms with E-state index in [9.17, 15) is 4.79 Å². The number of methoxy groups -OCH3 is 3. The van der Waals surface area contributed by atoms with Crippen LogP contribution >= 0.6 is 0 Å². The van der Waals surface area contributed by atoms with E-state index in [0.717, 1.165) is 29.5 Å². The highest BCUT2D eigenvalue weighted by molar-refractivity contribution is 6.02. The Kier molecular flexibility index (Phi) is 6.17. The average molecular weight is 439 g/mol. The number of amides is 1. The number of piperidine rings is 1. The highest BCUT2D eigenvalue weighted by atomic mass is 16.5. The van der Waals surface area contributed by atoms with Gasteiger partial charge in [0.15, 0.2) is 11.5 Å². The second kappa shape index (κ2) is 9.02. The number of benzene rings is 2. The van der Waals surface area contributed by atoms with Gasteiger partial charge in [-0.3, -0.25) is 4.79 Å². The highest BCUT2D eigenvalue weighted by Crippen LogP contribution is 2.41. The summed E-state index contributed by atoms with van der Waals surface area (Å²) in [7, 11) is 4.74. The number of aromatic nitrogens is 1. The molecule has 0 spiro atoms. The normalized spacial score (nSPS) is 14.5. The zero-order valence-corrected chi connectivity index (χ0v) is 19.3. The first-order chi connectivity index (χ1) is 15.4. The fourth-order valence-corrected chi connectivity index (χ4v) is 4.21. The van der Waals surface area contributed by atoms with Gasteiger partial charge >= 0.3 is 0 Å². The maximum Gasteiger partial charge on any atom is 0.270 e. The van der Waals surface area contributed by atoms with Crippen LogP contribution in [0.1, 0.15) is 34.5 Å². The summed E-state index contributed by atoms with van der Waals surface area (Å²) in [6, 6.07) is 9.82. The number of aryl methyl sites for hydroxylation is 2. The zero-order valence-electron chi connectivity index (χ0n) is 19.3. The number of aromatic amines is 1. The van der Waals surface area contributed by atoms with Crippen molar-refractivity contribution in [3.63, 3.8) is 0 Å². The molecular weight excluding hydrogens is 408 g/mol. The number of fused-ring (bicyclic) bond motifs is 1. The molecule has 0 unspecified atom stereocenters. The molecule has 0 radical (unpaired) electrons. The van der Waals surface area contributed by atoms with E-state index in [1.54, 1.807) is 27.4 Å². The third-order valence-corrected chi connectivity index (χ3v) is 6.04. The molecule has 1 saturated heterocycles. The number of nitrogens with one attached hydrogen (secondary N) is 1. The standard InChI is InChI=1S/C25H30N2O5/c1-15-6-7-16(2)20(12-15)32-17-8-10-27(11-9-17)25(28)19-13-18-21(29-3)14-22(30-4)24(31-5)23(18)26-19/h6-7,12-14,17,26H,8-11H2,1-5H3. The van der Waals surface area contributed by atoms with E-state index in [4.69, 9.17) is 18.9 Å². The number of nitrogens with zero attached hydrogens (tertiary/aromatic N) is 1. The largest absolute Gasteiger partial charge is 0.496 e. The maximum absolute atomic E-state index is 13.2. The van der Waals surface area contributed by atoms with E-state index >= 15 is 0 Å². The van der Waals surface area contributed by atoms with Gasteiger partial charge in [0.05, 0.1) is 26.8 Å². The Labute approximate surface area is 188 Å². The summed E-state index contributed by atoms with van der Waals surface area (Å²) in [5, 5.41) is 0.779. The van der Waals surface area contributed by atoms with Crippen molar-refractivity contribution in [1.82, 2.24) is 9.88 Å². The van der Waals surface area contributed by atoms with Crippen LogP contribution in [-0.4, -0.2) is 56.3 Å². The molecule has 7 heteroatoms. The van der Waals surface area contributed by atoms with Crippen molar-refractivity contribution in [3.05, 3.63) is 47.2 Å². The van der Waals surface area contributed by atoms with Crippen LogP contribution in [0.25, 0.3) is 10.9 Å². The van der Waals surface area contributed by atoms with Crippen molar-refractivity contribution in [2.45, 2.75) is 32.8 Å². The minimum Gasteiger partial charge on any atom is -0.496 e. The Hall–Kier alpha value is -3.35. The van der Waals surface area contributed by atoms with Crippen LogP contribution in [0.5, 0.6) is 23.0 Å². The third-order valence-electron chi connectivity index (χ3n) is 6.04. The second-order valence-corrected chi connectivity index (χ2v) is 8.16. The summed E-state index contributed by atoms with van der Waals surface area (Å²) in [5.74, 6) is 2.59. The molecule has 2 aromatic carbocycles. The minimum absolute atomic E-state index is 0.0468. The van der Waals surface area contributed by atoms with Crippen molar-refractivity contribution in [1.29, 1.82) is 0 Å². The Morgan fingerprint density at radius 2 is 1.66 bits per heavy atom. The van der Waals surface area contributed by atoms with E-state index in [-0.39, 0.29) is 12.0 Å². The van der Waals surface area contributed by atoms with Crippen LogP contribution in [0.15, 0.2) is 30.3 Å². The molecule has 1 aromatic heterocycles. The maximum atomic E-state index is 13.2. The van der Waals surface area contributed by atoms with Gasteiger partial charge in [0.2, 0.25) is 0 Å². The zero-order chi connectivity index (χ0) is 22.8. The van der Waals surface area contributed by atoms with Gasteiger partial charge in [-0.2, -0.15) is 0 Å². The molecule has 1 fully saturated rings. The lowest BCUT2D eigenvalue weighted by Gasteiger charge is -2.32. The molecule has 32 heavy (non-hydrogen) atoms. The summed E-state index contributed by atoms with van der Waals surface area (Å²) in [6.07, 6.45) is 1.69.